The van der Waals surface area contributed by atoms with E-state index in [1.807, 2.05) is 18.2 Å². The van der Waals surface area contributed by atoms with E-state index in [4.69, 9.17) is 8.83 Å². The zero-order valence-electron chi connectivity index (χ0n) is 17.6. The summed E-state index contributed by atoms with van der Waals surface area (Å²) >= 11 is 0. The maximum absolute atomic E-state index is 13.4. The molecule has 8 nitrogen and oxygen atoms in total. The molecule has 0 unspecified atom stereocenters. The Hall–Kier alpha value is -3.81. The molecule has 8 heteroatoms. The fraction of sp³-hybridized carbons (Fsp3) is 0.292. The minimum atomic E-state index is -0.390. The predicted octanol–water partition coefficient (Wildman–Crippen LogP) is 3.39. The van der Waals surface area contributed by atoms with Crippen LogP contribution in [0.4, 0.5) is 5.69 Å². The van der Waals surface area contributed by atoms with Gasteiger partial charge < -0.3 is 24.0 Å². The van der Waals surface area contributed by atoms with E-state index in [1.165, 1.54) is 23.7 Å². The maximum Gasteiger partial charge on any atom is 0.257 e. The second kappa shape index (κ2) is 10.00. The van der Waals surface area contributed by atoms with Crippen LogP contribution in [-0.2, 0) is 16.1 Å². The summed E-state index contributed by atoms with van der Waals surface area (Å²) in [6.07, 6.45) is 5.77. The van der Waals surface area contributed by atoms with E-state index in [0.29, 0.717) is 42.9 Å². The van der Waals surface area contributed by atoms with E-state index in [1.54, 1.807) is 35.2 Å². The van der Waals surface area contributed by atoms with Crippen molar-refractivity contribution in [1.29, 1.82) is 0 Å². The molecular formula is C24H25N3O5. The van der Waals surface area contributed by atoms with Gasteiger partial charge in [0.2, 0.25) is 11.8 Å². The van der Waals surface area contributed by atoms with Crippen molar-refractivity contribution in [2.45, 2.75) is 19.4 Å². The normalized spacial score (nSPS) is 15.9. The van der Waals surface area contributed by atoms with Crippen molar-refractivity contribution in [3.63, 3.8) is 0 Å². The highest BCUT2D eigenvalue weighted by molar-refractivity contribution is 5.96. The minimum absolute atomic E-state index is 0.111. The summed E-state index contributed by atoms with van der Waals surface area (Å²) in [7, 11) is 0. The first-order valence-corrected chi connectivity index (χ1v) is 10.6. The molecule has 1 aliphatic heterocycles. The maximum atomic E-state index is 13.4. The lowest BCUT2D eigenvalue weighted by Gasteiger charge is -2.34. The van der Waals surface area contributed by atoms with E-state index >= 15 is 0 Å². The number of carbonyl (C=O) groups excluding carboxylic acids is 3. The first-order chi connectivity index (χ1) is 15.6. The molecule has 0 aliphatic carbocycles. The van der Waals surface area contributed by atoms with E-state index < -0.39 is 0 Å². The highest BCUT2D eigenvalue weighted by Gasteiger charge is 2.33. The van der Waals surface area contributed by atoms with Crippen molar-refractivity contribution in [3.8, 4) is 0 Å². The number of hydrogen-bond donors (Lipinski definition) is 1. The van der Waals surface area contributed by atoms with E-state index in [2.05, 4.69) is 5.32 Å². The smallest absolute Gasteiger partial charge is 0.257 e. The lowest BCUT2D eigenvalue weighted by Crippen LogP contribution is -2.48. The number of para-hydroxylation sites is 1. The van der Waals surface area contributed by atoms with Gasteiger partial charge in [0, 0.05) is 18.8 Å². The van der Waals surface area contributed by atoms with Crippen LogP contribution in [0, 0.1) is 5.92 Å². The Balaban J connectivity index is 1.45. The molecule has 32 heavy (non-hydrogen) atoms. The summed E-state index contributed by atoms with van der Waals surface area (Å²) in [5.74, 6) is -0.421. The van der Waals surface area contributed by atoms with Gasteiger partial charge in [-0.05, 0) is 43.2 Å². The van der Waals surface area contributed by atoms with E-state index in [0.717, 1.165) is 0 Å². The van der Waals surface area contributed by atoms with Gasteiger partial charge in [0.05, 0.1) is 30.6 Å². The van der Waals surface area contributed by atoms with Gasteiger partial charge in [-0.25, -0.2) is 0 Å². The number of amides is 3. The predicted molar refractivity (Wildman–Crippen MR) is 117 cm³/mol. The number of likely N-dealkylation sites (tertiary alicyclic amines) is 1. The number of nitrogens with zero attached hydrogens (tertiary/aromatic N) is 2. The third kappa shape index (κ3) is 5.26. The number of nitrogens with one attached hydrogen (secondary N) is 1. The number of rotatable bonds is 7. The summed E-state index contributed by atoms with van der Waals surface area (Å²) in [6, 6.07) is 14.2. The van der Waals surface area contributed by atoms with Crippen LogP contribution in [-0.4, -0.2) is 47.2 Å². The van der Waals surface area contributed by atoms with Gasteiger partial charge >= 0.3 is 0 Å². The number of hydrogen-bond acceptors (Lipinski definition) is 5. The summed E-state index contributed by atoms with van der Waals surface area (Å²) < 4.78 is 10.4. The summed E-state index contributed by atoms with van der Waals surface area (Å²) in [4.78, 5) is 41.9. The molecule has 0 saturated carbocycles. The van der Waals surface area contributed by atoms with Crippen molar-refractivity contribution in [2.75, 3.05) is 25.0 Å². The molecule has 1 fully saturated rings. The Bertz CT molecular complexity index is 1030. The third-order valence-corrected chi connectivity index (χ3v) is 5.46. The van der Waals surface area contributed by atoms with Crippen LogP contribution in [0.25, 0.3) is 0 Å². The topological polar surface area (TPSA) is 96.0 Å². The van der Waals surface area contributed by atoms with Crippen molar-refractivity contribution >= 4 is 23.4 Å². The van der Waals surface area contributed by atoms with Gasteiger partial charge in [0.1, 0.15) is 18.6 Å². The Kier molecular flexibility index (Phi) is 6.69. The van der Waals surface area contributed by atoms with Crippen LogP contribution in [0.3, 0.4) is 0 Å². The minimum Gasteiger partial charge on any atom is -0.472 e. The number of carbonyl (C=O) groups is 3. The summed E-state index contributed by atoms with van der Waals surface area (Å²) in [5, 5.41) is 2.82. The average Bonchev–Trinajstić information content (AvgIpc) is 3.53. The Morgan fingerprint density at radius 3 is 2.62 bits per heavy atom. The van der Waals surface area contributed by atoms with Crippen LogP contribution in [0.1, 0.15) is 29.0 Å². The van der Waals surface area contributed by atoms with Gasteiger partial charge in [-0.15, -0.1) is 0 Å². The highest BCUT2D eigenvalue weighted by Crippen LogP contribution is 2.22. The quantitative estimate of drug-likeness (QED) is 0.614. The Labute approximate surface area is 185 Å². The zero-order chi connectivity index (χ0) is 22.3. The lowest BCUT2D eigenvalue weighted by molar-refractivity contribution is -0.140. The first-order valence-electron chi connectivity index (χ1n) is 10.6. The van der Waals surface area contributed by atoms with Crippen LogP contribution >= 0.6 is 0 Å². The molecule has 166 valence electrons. The fourth-order valence-corrected chi connectivity index (χ4v) is 3.89. The monoisotopic (exact) mass is 435 g/mol. The zero-order valence-corrected chi connectivity index (χ0v) is 17.6. The average molecular weight is 435 g/mol. The number of piperidine rings is 1. The molecule has 0 spiro atoms. The number of furan rings is 2. The Morgan fingerprint density at radius 1 is 1.06 bits per heavy atom. The van der Waals surface area contributed by atoms with Crippen molar-refractivity contribution < 1.29 is 23.2 Å². The lowest BCUT2D eigenvalue weighted by atomic mass is 9.96. The molecule has 4 rings (SSSR count). The van der Waals surface area contributed by atoms with Gasteiger partial charge in [-0.1, -0.05) is 18.2 Å². The van der Waals surface area contributed by atoms with Gasteiger partial charge in [0.25, 0.3) is 5.91 Å². The third-order valence-electron chi connectivity index (χ3n) is 5.46. The highest BCUT2D eigenvalue weighted by atomic mass is 16.3. The molecule has 1 aromatic carbocycles. The molecule has 3 amide bonds. The SMILES string of the molecule is O=C(CN(Cc1ccco1)C(=O)[C@@H]1CCCN(C(=O)c2ccoc2)C1)Nc1ccccc1. The van der Waals surface area contributed by atoms with Crippen molar-refractivity contribution in [3.05, 3.63) is 78.6 Å². The number of anilines is 1. The summed E-state index contributed by atoms with van der Waals surface area (Å²) in [5.41, 5.74) is 1.13. The molecule has 2 aromatic heterocycles. The molecule has 3 heterocycles. The van der Waals surface area contributed by atoms with Gasteiger partial charge in [-0.3, -0.25) is 14.4 Å². The molecule has 1 atom stereocenters. The molecule has 0 radical (unpaired) electrons. The molecule has 0 bridgehead atoms. The van der Waals surface area contributed by atoms with Crippen LogP contribution in [0.15, 0.2) is 76.2 Å². The molecule has 3 aromatic rings. The van der Waals surface area contributed by atoms with E-state index in [9.17, 15) is 14.4 Å². The first kappa shape index (κ1) is 21.4. The summed E-state index contributed by atoms with van der Waals surface area (Å²) in [6.45, 7) is 0.957. The molecule has 1 aliphatic rings. The Morgan fingerprint density at radius 2 is 1.91 bits per heavy atom. The second-order valence-electron chi connectivity index (χ2n) is 7.79. The van der Waals surface area contributed by atoms with Crippen LogP contribution < -0.4 is 5.32 Å². The largest absolute Gasteiger partial charge is 0.472 e. The second-order valence-corrected chi connectivity index (χ2v) is 7.79. The van der Waals surface area contributed by atoms with Crippen molar-refractivity contribution in [1.82, 2.24) is 9.80 Å². The molecular weight excluding hydrogens is 410 g/mol. The van der Waals surface area contributed by atoms with Gasteiger partial charge in [-0.2, -0.15) is 0 Å². The molecule has 1 saturated heterocycles. The number of benzene rings is 1. The van der Waals surface area contributed by atoms with E-state index in [-0.39, 0.29) is 36.7 Å². The standard InChI is InChI=1S/C24H25N3O5/c28-22(25-20-7-2-1-3-8-20)16-27(15-21-9-5-12-32-21)23(29)18-6-4-11-26(14-18)24(30)19-10-13-31-17-19/h1-3,5,7-10,12-13,17-18H,4,6,11,14-16H2,(H,25,28)/t18-/m1/s1. The molecule has 1 N–H and O–H groups in total. The van der Waals surface area contributed by atoms with Crippen LogP contribution in [0.5, 0.6) is 0 Å². The van der Waals surface area contributed by atoms with Crippen LogP contribution in [0.2, 0.25) is 0 Å². The van der Waals surface area contributed by atoms with Gasteiger partial charge in [0.15, 0.2) is 0 Å². The van der Waals surface area contributed by atoms with Crippen molar-refractivity contribution in [2.24, 2.45) is 5.92 Å². The fourth-order valence-electron chi connectivity index (χ4n) is 3.89.